The molecular weight excluding hydrogens is 436 g/mol. The van der Waals surface area contributed by atoms with E-state index < -0.39 is 72.5 Å². The Kier molecular flexibility index (Phi) is 12.7. The molecule has 6 unspecified atom stereocenters. The Morgan fingerprint density at radius 2 is 1.39 bits per heavy atom. The first-order valence-corrected chi connectivity index (χ1v) is 10.7. The minimum Gasteiger partial charge on any atom is -0.481 e. The van der Waals surface area contributed by atoms with E-state index in [0.29, 0.717) is 5.75 Å². The fraction of sp³-hybridized carbons (Fsp3) is 0.706. The maximum atomic E-state index is 12.5. The predicted molar refractivity (Wildman–Crippen MR) is 110 cm³/mol. The van der Waals surface area contributed by atoms with Gasteiger partial charge in [-0.15, -0.1) is 0 Å². The Morgan fingerprint density at radius 1 is 0.871 bits per heavy atom. The van der Waals surface area contributed by atoms with Gasteiger partial charge in [-0.2, -0.15) is 11.8 Å². The van der Waals surface area contributed by atoms with Gasteiger partial charge in [-0.1, -0.05) is 0 Å². The van der Waals surface area contributed by atoms with E-state index >= 15 is 0 Å². The Labute approximate surface area is 183 Å². The van der Waals surface area contributed by atoms with Gasteiger partial charge in [0.15, 0.2) is 6.04 Å². The molecule has 0 saturated heterocycles. The second kappa shape index (κ2) is 13.8. The highest BCUT2D eigenvalue weighted by Gasteiger charge is 2.34. The summed E-state index contributed by atoms with van der Waals surface area (Å²) in [5.74, 6) is -5.41. The van der Waals surface area contributed by atoms with Gasteiger partial charge < -0.3 is 42.1 Å². The summed E-state index contributed by atoms with van der Waals surface area (Å²) in [4.78, 5) is 59.3. The van der Waals surface area contributed by atoms with E-state index in [1.165, 1.54) is 11.8 Å². The molecule has 6 atom stereocenters. The zero-order chi connectivity index (χ0) is 24.3. The van der Waals surface area contributed by atoms with Crippen molar-refractivity contribution in [3.8, 4) is 0 Å². The summed E-state index contributed by atoms with van der Waals surface area (Å²) in [6.07, 6.45) is -1.74. The quantitative estimate of drug-likeness (QED) is 0.127. The van der Waals surface area contributed by atoms with Crippen LogP contribution in [0, 0.1) is 0 Å². The number of nitrogens with two attached hydrogens (primary N) is 1. The lowest BCUT2D eigenvalue weighted by atomic mass is 10.1. The normalized spacial score (nSPS) is 16.7. The van der Waals surface area contributed by atoms with Gasteiger partial charge in [0.1, 0.15) is 12.1 Å². The minimum atomic E-state index is -1.71. The van der Waals surface area contributed by atoms with Crippen LogP contribution in [0.2, 0.25) is 0 Å². The smallest absolute Gasteiger partial charge is 0.328 e. The van der Waals surface area contributed by atoms with Crippen LogP contribution in [0.5, 0.6) is 0 Å². The average Bonchev–Trinajstić information content (AvgIpc) is 2.65. The summed E-state index contributed by atoms with van der Waals surface area (Å²) in [6, 6.07) is -6.00. The molecule has 0 aromatic heterocycles. The van der Waals surface area contributed by atoms with Crippen molar-refractivity contribution < 1.29 is 44.4 Å². The number of carboxylic acids is 2. The SMILES string of the molecule is CSCCC(N)C(=O)NC(CC(=O)O)C(=O)NC(C(=O)NC(C(=O)O)C(C)O)C(C)O. The minimum absolute atomic E-state index is 0.281. The van der Waals surface area contributed by atoms with E-state index in [-0.39, 0.29) is 6.42 Å². The number of hydrogen-bond acceptors (Lipinski definition) is 9. The van der Waals surface area contributed by atoms with Gasteiger partial charge in [0.25, 0.3) is 0 Å². The maximum absolute atomic E-state index is 12.5. The molecule has 0 aliphatic carbocycles. The highest BCUT2D eigenvalue weighted by atomic mass is 32.2. The van der Waals surface area contributed by atoms with Gasteiger partial charge in [-0.05, 0) is 32.3 Å². The summed E-state index contributed by atoms with van der Waals surface area (Å²) in [6.45, 7) is 2.25. The van der Waals surface area contributed by atoms with E-state index in [4.69, 9.17) is 15.9 Å². The lowest BCUT2D eigenvalue weighted by Gasteiger charge is -2.26. The summed E-state index contributed by atoms with van der Waals surface area (Å²) in [5.41, 5.74) is 5.70. The van der Waals surface area contributed by atoms with Crippen LogP contribution in [0.25, 0.3) is 0 Å². The molecule has 0 fully saturated rings. The molecule has 13 nitrogen and oxygen atoms in total. The van der Waals surface area contributed by atoms with Crippen LogP contribution >= 0.6 is 11.8 Å². The molecule has 3 amide bonds. The largest absolute Gasteiger partial charge is 0.481 e. The highest BCUT2D eigenvalue weighted by Crippen LogP contribution is 2.03. The number of hydrogen-bond donors (Lipinski definition) is 8. The summed E-state index contributed by atoms with van der Waals surface area (Å²) in [7, 11) is 0. The molecule has 14 heteroatoms. The molecule has 0 aliphatic heterocycles. The van der Waals surface area contributed by atoms with Gasteiger partial charge in [-0.3, -0.25) is 19.2 Å². The molecule has 0 bridgehead atoms. The number of amides is 3. The molecule has 178 valence electrons. The van der Waals surface area contributed by atoms with Crippen molar-refractivity contribution in [1.29, 1.82) is 0 Å². The van der Waals surface area contributed by atoms with Crippen molar-refractivity contribution in [3.63, 3.8) is 0 Å². The van der Waals surface area contributed by atoms with Gasteiger partial charge in [0.2, 0.25) is 17.7 Å². The number of rotatable bonds is 14. The zero-order valence-electron chi connectivity index (χ0n) is 17.4. The van der Waals surface area contributed by atoms with Gasteiger partial charge in [0, 0.05) is 0 Å². The number of nitrogens with one attached hydrogen (secondary N) is 3. The Morgan fingerprint density at radius 3 is 1.81 bits per heavy atom. The van der Waals surface area contributed by atoms with Crippen molar-refractivity contribution >= 4 is 41.4 Å². The van der Waals surface area contributed by atoms with Crippen molar-refractivity contribution in [2.24, 2.45) is 5.73 Å². The summed E-state index contributed by atoms with van der Waals surface area (Å²) in [5, 5.41) is 43.7. The van der Waals surface area contributed by atoms with Gasteiger partial charge >= 0.3 is 11.9 Å². The van der Waals surface area contributed by atoms with Crippen molar-refractivity contribution in [1.82, 2.24) is 16.0 Å². The summed E-state index contributed by atoms with van der Waals surface area (Å²) < 4.78 is 0. The average molecular weight is 467 g/mol. The van der Waals surface area contributed by atoms with Crippen LogP contribution in [-0.4, -0.2) is 98.5 Å². The fourth-order valence-corrected chi connectivity index (χ4v) is 2.82. The third-order valence-electron chi connectivity index (χ3n) is 4.09. The molecule has 0 rings (SSSR count). The van der Waals surface area contributed by atoms with E-state index in [1.807, 2.05) is 5.32 Å². The molecule has 0 aromatic carbocycles. The highest BCUT2D eigenvalue weighted by molar-refractivity contribution is 7.98. The van der Waals surface area contributed by atoms with Crippen LogP contribution in [0.3, 0.4) is 0 Å². The van der Waals surface area contributed by atoms with Crippen molar-refractivity contribution in [2.45, 2.75) is 63.1 Å². The molecule has 0 spiro atoms. The van der Waals surface area contributed by atoms with Gasteiger partial charge in [0.05, 0.1) is 24.7 Å². The first-order valence-electron chi connectivity index (χ1n) is 9.28. The maximum Gasteiger partial charge on any atom is 0.328 e. The Bertz CT molecular complexity index is 660. The van der Waals surface area contributed by atoms with Crippen LogP contribution in [0.15, 0.2) is 0 Å². The molecule has 0 aliphatic rings. The zero-order valence-corrected chi connectivity index (χ0v) is 18.2. The first kappa shape index (κ1) is 28.6. The number of carboxylic acid groups (broad SMARTS) is 2. The Hall–Kier alpha value is -2.42. The van der Waals surface area contributed by atoms with E-state index in [0.717, 1.165) is 13.8 Å². The van der Waals surface area contributed by atoms with E-state index in [2.05, 4.69) is 10.6 Å². The lowest BCUT2D eigenvalue weighted by molar-refractivity contribution is -0.146. The number of aliphatic carboxylic acids is 2. The monoisotopic (exact) mass is 466 g/mol. The third kappa shape index (κ3) is 10.4. The number of carbonyl (C=O) groups is 5. The molecule has 0 aromatic rings. The fourth-order valence-electron chi connectivity index (χ4n) is 2.33. The van der Waals surface area contributed by atoms with Gasteiger partial charge in [-0.25, -0.2) is 4.79 Å². The van der Waals surface area contributed by atoms with Crippen LogP contribution in [0.4, 0.5) is 0 Å². The number of aliphatic hydroxyl groups is 2. The number of aliphatic hydroxyl groups excluding tert-OH is 2. The molecule has 9 N–H and O–H groups in total. The van der Waals surface area contributed by atoms with Crippen LogP contribution in [-0.2, 0) is 24.0 Å². The molecule has 0 heterocycles. The van der Waals surface area contributed by atoms with E-state index in [9.17, 15) is 34.2 Å². The molecular formula is C17H30N4O9S. The number of thioether (sulfide) groups is 1. The summed E-state index contributed by atoms with van der Waals surface area (Å²) >= 11 is 1.44. The first-order chi connectivity index (χ1) is 14.3. The molecule has 31 heavy (non-hydrogen) atoms. The molecule has 0 saturated carbocycles. The van der Waals surface area contributed by atoms with Crippen LogP contribution < -0.4 is 21.7 Å². The second-order valence-electron chi connectivity index (χ2n) is 6.84. The van der Waals surface area contributed by atoms with E-state index in [1.54, 1.807) is 6.26 Å². The third-order valence-corrected chi connectivity index (χ3v) is 4.73. The second-order valence-corrected chi connectivity index (χ2v) is 7.82. The molecule has 0 radical (unpaired) electrons. The van der Waals surface area contributed by atoms with Crippen molar-refractivity contribution in [2.75, 3.05) is 12.0 Å². The lowest BCUT2D eigenvalue weighted by Crippen LogP contribution is -2.61. The number of carbonyl (C=O) groups excluding carboxylic acids is 3. The van der Waals surface area contributed by atoms with Crippen molar-refractivity contribution in [3.05, 3.63) is 0 Å². The standard InChI is InChI=1S/C17H30N4O9S/c1-7(22)12(16(28)21-13(8(2)23)17(29)30)20-15(27)10(6-11(24)25)19-14(26)9(18)4-5-31-3/h7-10,12-13,22-23H,4-6,18H2,1-3H3,(H,19,26)(H,20,27)(H,21,28)(H,24,25)(H,29,30). The topological polar surface area (TPSA) is 228 Å². The predicted octanol–water partition coefficient (Wildman–Crippen LogP) is -3.16. The Balaban J connectivity index is 5.39. The van der Waals surface area contributed by atoms with Crippen LogP contribution in [0.1, 0.15) is 26.7 Å².